The zero-order chi connectivity index (χ0) is 12.3. The van der Waals surface area contributed by atoms with Crippen LogP contribution in [0.15, 0.2) is 30.3 Å². The van der Waals surface area contributed by atoms with Crippen LogP contribution in [0.1, 0.15) is 11.4 Å². The highest BCUT2D eigenvalue weighted by Crippen LogP contribution is 2.19. The van der Waals surface area contributed by atoms with Crippen molar-refractivity contribution >= 4 is 0 Å². The number of rotatable bonds is 2. The van der Waals surface area contributed by atoms with E-state index in [2.05, 4.69) is 9.97 Å². The molecule has 0 N–H and O–H groups in total. The van der Waals surface area contributed by atoms with Crippen molar-refractivity contribution in [2.45, 2.75) is 6.92 Å². The maximum atomic E-state index is 8.86. The number of hydrogen-bond acceptors (Lipinski definition) is 4. The van der Waals surface area contributed by atoms with Crippen LogP contribution in [0.5, 0.6) is 5.75 Å². The topological polar surface area (TPSA) is 58.8 Å². The predicted octanol–water partition coefficient (Wildman–Crippen LogP) is 2.33. The summed E-state index contributed by atoms with van der Waals surface area (Å²) in [7, 11) is 1.62. The van der Waals surface area contributed by atoms with Crippen molar-refractivity contribution < 1.29 is 4.74 Å². The lowest BCUT2D eigenvalue weighted by Gasteiger charge is -2.03. The van der Waals surface area contributed by atoms with Crippen LogP contribution in [-0.4, -0.2) is 17.1 Å². The molecule has 0 aliphatic rings. The van der Waals surface area contributed by atoms with Crippen LogP contribution in [-0.2, 0) is 0 Å². The number of aryl methyl sites for hydroxylation is 1. The average molecular weight is 225 g/mol. The van der Waals surface area contributed by atoms with E-state index in [-0.39, 0.29) is 0 Å². The Bertz CT molecular complexity index is 570. The number of nitrogens with zero attached hydrogens (tertiary/aromatic N) is 3. The Labute approximate surface area is 99.5 Å². The highest BCUT2D eigenvalue weighted by Gasteiger charge is 2.04. The van der Waals surface area contributed by atoms with Gasteiger partial charge in [0.25, 0.3) is 0 Å². The quantitative estimate of drug-likeness (QED) is 0.787. The van der Waals surface area contributed by atoms with Gasteiger partial charge in [0.05, 0.1) is 7.11 Å². The summed E-state index contributed by atoms with van der Waals surface area (Å²) in [6, 6.07) is 11.1. The molecule has 0 bridgehead atoms. The minimum Gasteiger partial charge on any atom is -0.497 e. The van der Waals surface area contributed by atoms with E-state index in [0.29, 0.717) is 11.5 Å². The first-order chi connectivity index (χ1) is 8.22. The number of aromatic nitrogens is 2. The van der Waals surface area contributed by atoms with E-state index < -0.39 is 0 Å². The van der Waals surface area contributed by atoms with Crippen molar-refractivity contribution in [1.29, 1.82) is 5.26 Å². The SMILES string of the molecule is COc1ccc(-c2nc(C)cc(C#N)n2)cc1. The van der Waals surface area contributed by atoms with Gasteiger partial charge in [-0.15, -0.1) is 0 Å². The van der Waals surface area contributed by atoms with Gasteiger partial charge in [0.15, 0.2) is 5.82 Å². The smallest absolute Gasteiger partial charge is 0.160 e. The Hall–Kier alpha value is -2.41. The van der Waals surface area contributed by atoms with Crippen LogP contribution >= 0.6 is 0 Å². The van der Waals surface area contributed by atoms with Gasteiger partial charge < -0.3 is 4.74 Å². The lowest BCUT2D eigenvalue weighted by Crippen LogP contribution is -1.95. The molecule has 4 nitrogen and oxygen atoms in total. The van der Waals surface area contributed by atoms with Gasteiger partial charge in [-0.2, -0.15) is 5.26 Å². The van der Waals surface area contributed by atoms with E-state index >= 15 is 0 Å². The molecule has 0 fully saturated rings. The summed E-state index contributed by atoms with van der Waals surface area (Å²) in [6.07, 6.45) is 0. The summed E-state index contributed by atoms with van der Waals surface area (Å²) in [5, 5.41) is 8.86. The third-order valence-corrected chi connectivity index (χ3v) is 2.32. The molecule has 0 atom stereocenters. The van der Waals surface area contributed by atoms with E-state index in [9.17, 15) is 0 Å². The Morgan fingerprint density at radius 1 is 1.18 bits per heavy atom. The summed E-state index contributed by atoms with van der Waals surface area (Å²) >= 11 is 0. The third-order valence-electron chi connectivity index (χ3n) is 2.32. The van der Waals surface area contributed by atoms with E-state index in [4.69, 9.17) is 10.00 Å². The van der Waals surface area contributed by atoms with Crippen LogP contribution in [0.3, 0.4) is 0 Å². The number of ether oxygens (including phenoxy) is 1. The van der Waals surface area contributed by atoms with Gasteiger partial charge in [0, 0.05) is 11.3 Å². The van der Waals surface area contributed by atoms with Crippen LogP contribution in [0, 0.1) is 18.3 Å². The number of benzene rings is 1. The normalized spacial score (nSPS) is 9.71. The van der Waals surface area contributed by atoms with Crippen molar-refractivity contribution in [2.75, 3.05) is 7.11 Å². The number of nitriles is 1. The molecule has 2 aromatic rings. The molecular formula is C13H11N3O. The first-order valence-corrected chi connectivity index (χ1v) is 5.13. The summed E-state index contributed by atoms with van der Waals surface area (Å²) in [5.74, 6) is 1.34. The van der Waals surface area contributed by atoms with Crippen molar-refractivity contribution in [3.63, 3.8) is 0 Å². The standard InChI is InChI=1S/C13H11N3O/c1-9-7-11(8-14)16-13(15-9)10-3-5-12(17-2)6-4-10/h3-7H,1-2H3. The highest BCUT2D eigenvalue weighted by atomic mass is 16.5. The van der Waals surface area contributed by atoms with Crippen LogP contribution in [0.25, 0.3) is 11.4 Å². The molecule has 0 saturated carbocycles. The second-order valence-electron chi connectivity index (χ2n) is 3.56. The van der Waals surface area contributed by atoms with Crippen LogP contribution in [0.4, 0.5) is 0 Å². The maximum Gasteiger partial charge on any atom is 0.160 e. The van der Waals surface area contributed by atoms with E-state index in [0.717, 1.165) is 17.0 Å². The molecule has 0 amide bonds. The molecule has 1 aromatic heterocycles. The van der Waals surface area contributed by atoms with E-state index in [1.807, 2.05) is 37.3 Å². The number of hydrogen-bond donors (Lipinski definition) is 0. The minimum atomic E-state index is 0.378. The molecule has 84 valence electrons. The van der Waals surface area contributed by atoms with Crippen molar-refractivity contribution in [3.8, 4) is 23.2 Å². The minimum absolute atomic E-state index is 0.378. The Morgan fingerprint density at radius 2 is 1.88 bits per heavy atom. The summed E-state index contributed by atoms with van der Waals surface area (Å²) in [4.78, 5) is 8.47. The summed E-state index contributed by atoms with van der Waals surface area (Å²) in [6.45, 7) is 1.84. The maximum absolute atomic E-state index is 8.86. The Morgan fingerprint density at radius 3 is 2.47 bits per heavy atom. The van der Waals surface area contributed by atoms with Gasteiger partial charge in [-0.25, -0.2) is 9.97 Å². The molecule has 17 heavy (non-hydrogen) atoms. The molecule has 0 unspecified atom stereocenters. The molecule has 2 rings (SSSR count). The van der Waals surface area contributed by atoms with E-state index in [1.165, 1.54) is 0 Å². The van der Waals surface area contributed by atoms with Gasteiger partial charge in [0.2, 0.25) is 0 Å². The molecule has 1 aromatic carbocycles. The molecule has 0 aliphatic heterocycles. The fourth-order valence-electron chi connectivity index (χ4n) is 1.50. The van der Waals surface area contributed by atoms with Gasteiger partial charge in [-0.1, -0.05) is 0 Å². The molecule has 0 aliphatic carbocycles. The largest absolute Gasteiger partial charge is 0.497 e. The molecular weight excluding hydrogens is 214 g/mol. The monoisotopic (exact) mass is 225 g/mol. The van der Waals surface area contributed by atoms with Crippen LogP contribution < -0.4 is 4.74 Å². The molecule has 0 spiro atoms. The summed E-state index contributed by atoms with van der Waals surface area (Å²) < 4.78 is 5.08. The zero-order valence-corrected chi connectivity index (χ0v) is 9.64. The van der Waals surface area contributed by atoms with Gasteiger partial charge in [-0.3, -0.25) is 0 Å². The highest BCUT2D eigenvalue weighted by molar-refractivity contribution is 5.57. The molecule has 4 heteroatoms. The number of methoxy groups -OCH3 is 1. The third kappa shape index (κ3) is 2.40. The lowest BCUT2D eigenvalue weighted by molar-refractivity contribution is 0.415. The molecule has 1 heterocycles. The average Bonchev–Trinajstić information content (AvgIpc) is 2.38. The molecule has 0 saturated heterocycles. The Balaban J connectivity index is 2.45. The lowest BCUT2D eigenvalue weighted by atomic mass is 10.2. The first-order valence-electron chi connectivity index (χ1n) is 5.13. The van der Waals surface area contributed by atoms with Gasteiger partial charge in [-0.05, 0) is 37.3 Å². The predicted molar refractivity (Wildman–Crippen MR) is 63.5 cm³/mol. The second kappa shape index (κ2) is 4.62. The second-order valence-corrected chi connectivity index (χ2v) is 3.56. The van der Waals surface area contributed by atoms with Crippen molar-refractivity contribution in [2.24, 2.45) is 0 Å². The van der Waals surface area contributed by atoms with E-state index in [1.54, 1.807) is 13.2 Å². The first kappa shape index (κ1) is 11.1. The van der Waals surface area contributed by atoms with Gasteiger partial charge in [0.1, 0.15) is 17.5 Å². The fraction of sp³-hybridized carbons (Fsp3) is 0.154. The van der Waals surface area contributed by atoms with Crippen molar-refractivity contribution in [3.05, 3.63) is 41.7 Å². The summed E-state index contributed by atoms with van der Waals surface area (Å²) in [5.41, 5.74) is 2.02. The fourth-order valence-corrected chi connectivity index (χ4v) is 1.50. The van der Waals surface area contributed by atoms with Gasteiger partial charge >= 0.3 is 0 Å². The molecule has 0 radical (unpaired) electrons. The zero-order valence-electron chi connectivity index (χ0n) is 9.64. The van der Waals surface area contributed by atoms with Crippen LogP contribution in [0.2, 0.25) is 0 Å². The van der Waals surface area contributed by atoms with Crippen molar-refractivity contribution in [1.82, 2.24) is 9.97 Å². The Kier molecular flexibility index (Phi) is 3.01.